The van der Waals surface area contributed by atoms with Crippen LogP contribution in [0.3, 0.4) is 0 Å². The number of benzene rings is 1. The van der Waals surface area contributed by atoms with Crippen LogP contribution in [0.1, 0.15) is 31.2 Å². The molecule has 2 aliphatic heterocycles. The molecule has 2 unspecified atom stereocenters. The zero-order chi connectivity index (χ0) is 12.2. The molecule has 0 saturated carbocycles. The van der Waals surface area contributed by atoms with Crippen LogP contribution < -0.4 is 0 Å². The minimum absolute atomic E-state index is 0.210. The van der Waals surface area contributed by atoms with Crippen molar-refractivity contribution in [2.75, 3.05) is 0 Å². The van der Waals surface area contributed by atoms with E-state index in [1.54, 1.807) is 0 Å². The Morgan fingerprint density at radius 3 is 2.78 bits per heavy atom. The van der Waals surface area contributed by atoms with Gasteiger partial charge in [-0.15, -0.1) is 0 Å². The van der Waals surface area contributed by atoms with Gasteiger partial charge in [-0.05, 0) is 30.5 Å². The highest BCUT2D eigenvalue weighted by Crippen LogP contribution is 2.44. The molecular weight excluding hydrogens is 230 g/mol. The predicted molar refractivity (Wildman–Crippen MR) is 65.0 cm³/mol. The van der Waals surface area contributed by atoms with Gasteiger partial charge in [0.25, 0.3) is 0 Å². The average Bonchev–Trinajstić information content (AvgIpc) is 2.95. The van der Waals surface area contributed by atoms with Gasteiger partial charge in [0, 0.05) is 12.8 Å². The molecule has 0 radical (unpaired) electrons. The molecule has 0 aliphatic carbocycles. The largest absolute Gasteiger partial charge is 0.443 e. The Hall–Kier alpha value is -1.39. The van der Waals surface area contributed by atoms with Crippen molar-refractivity contribution < 1.29 is 14.3 Å². The first-order valence-corrected chi connectivity index (χ1v) is 6.44. The van der Waals surface area contributed by atoms with Crippen LogP contribution in [0.25, 0.3) is 11.1 Å². The fraction of sp³-hybridized carbons (Fsp3) is 0.500. The van der Waals surface area contributed by atoms with Crippen LogP contribution in [0.2, 0.25) is 0 Å². The van der Waals surface area contributed by atoms with Gasteiger partial charge in [0.2, 0.25) is 0 Å². The summed E-state index contributed by atoms with van der Waals surface area (Å²) in [5, 5.41) is 10.9. The van der Waals surface area contributed by atoms with E-state index in [0.29, 0.717) is 12.8 Å². The Morgan fingerprint density at radius 1 is 1.22 bits per heavy atom. The van der Waals surface area contributed by atoms with E-state index in [0.717, 1.165) is 29.5 Å². The standard InChI is InChI=1S/C14H15NO3/c16-14(6-10-2-3-11(7-14)18-10)9-1-4-13-12(5-9)15-8-17-13/h1,4-5,8,10-11,16H,2-3,6-7H2. The Kier molecular flexibility index (Phi) is 2.08. The van der Waals surface area contributed by atoms with Gasteiger partial charge in [-0.2, -0.15) is 0 Å². The highest BCUT2D eigenvalue weighted by molar-refractivity contribution is 5.73. The molecule has 2 fully saturated rings. The summed E-state index contributed by atoms with van der Waals surface area (Å²) in [5.41, 5.74) is 1.73. The van der Waals surface area contributed by atoms with Gasteiger partial charge in [-0.3, -0.25) is 0 Å². The number of ether oxygens (including phenoxy) is 1. The number of hydrogen-bond donors (Lipinski definition) is 1. The summed E-state index contributed by atoms with van der Waals surface area (Å²) in [6, 6.07) is 5.76. The van der Waals surface area contributed by atoms with Crippen LogP contribution in [-0.4, -0.2) is 22.3 Å². The number of aliphatic hydroxyl groups is 1. The van der Waals surface area contributed by atoms with Crippen LogP contribution in [-0.2, 0) is 10.3 Å². The minimum Gasteiger partial charge on any atom is -0.443 e. The first kappa shape index (κ1) is 10.5. The van der Waals surface area contributed by atoms with Crippen molar-refractivity contribution in [2.24, 2.45) is 0 Å². The van der Waals surface area contributed by atoms with Crippen molar-refractivity contribution >= 4 is 11.1 Å². The van der Waals surface area contributed by atoms with Crippen molar-refractivity contribution in [3.8, 4) is 0 Å². The molecule has 1 aromatic carbocycles. The first-order valence-electron chi connectivity index (χ1n) is 6.44. The number of hydrogen-bond acceptors (Lipinski definition) is 4. The van der Waals surface area contributed by atoms with E-state index in [1.807, 2.05) is 18.2 Å². The molecule has 2 aliphatic rings. The highest BCUT2D eigenvalue weighted by Gasteiger charge is 2.44. The number of oxazole rings is 1. The summed E-state index contributed by atoms with van der Waals surface area (Å²) >= 11 is 0. The summed E-state index contributed by atoms with van der Waals surface area (Å²) in [4.78, 5) is 4.15. The van der Waals surface area contributed by atoms with E-state index in [1.165, 1.54) is 6.39 Å². The second kappa shape index (κ2) is 3.56. The third-order valence-corrected chi connectivity index (χ3v) is 4.19. The Morgan fingerprint density at radius 2 is 2.00 bits per heavy atom. The van der Waals surface area contributed by atoms with Gasteiger partial charge < -0.3 is 14.3 Å². The topological polar surface area (TPSA) is 55.5 Å². The zero-order valence-electron chi connectivity index (χ0n) is 10.0. The maximum absolute atomic E-state index is 10.9. The molecule has 18 heavy (non-hydrogen) atoms. The molecule has 1 aromatic heterocycles. The number of nitrogens with zero attached hydrogens (tertiary/aromatic N) is 1. The molecule has 4 heteroatoms. The molecule has 4 nitrogen and oxygen atoms in total. The summed E-state index contributed by atoms with van der Waals surface area (Å²) < 4.78 is 11.0. The van der Waals surface area contributed by atoms with Crippen molar-refractivity contribution in [1.82, 2.24) is 4.98 Å². The zero-order valence-corrected chi connectivity index (χ0v) is 10.0. The summed E-state index contributed by atoms with van der Waals surface area (Å²) in [6.45, 7) is 0. The van der Waals surface area contributed by atoms with Crippen molar-refractivity contribution in [1.29, 1.82) is 0 Å². The summed E-state index contributed by atoms with van der Waals surface area (Å²) in [5.74, 6) is 0. The van der Waals surface area contributed by atoms with E-state index >= 15 is 0 Å². The summed E-state index contributed by atoms with van der Waals surface area (Å²) in [6.07, 6.45) is 5.37. The second-order valence-electron chi connectivity index (χ2n) is 5.43. The van der Waals surface area contributed by atoms with Gasteiger partial charge in [0.1, 0.15) is 5.52 Å². The van der Waals surface area contributed by atoms with E-state index in [-0.39, 0.29) is 12.2 Å². The van der Waals surface area contributed by atoms with E-state index in [9.17, 15) is 5.11 Å². The Balaban J connectivity index is 1.76. The average molecular weight is 245 g/mol. The molecule has 0 spiro atoms. The number of aromatic nitrogens is 1. The lowest BCUT2D eigenvalue weighted by Gasteiger charge is -2.36. The monoisotopic (exact) mass is 245 g/mol. The molecule has 2 atom stereocenters. The van der Waals surface area contributed by atoms with Gasteiger partial charge >= 0.3 is 0 Å². The van der Waals surface area contributed by atoms with Crippen molar-refractivity contribution in [2.45, 2.75) is 43.5 Å². The summed E-state index contributed by atoms with van der Waals surface area (Å²) in [7, 11) is 0. The maximum Gasteiger partial charge on any atom is 0.181 e. The smallest absolute Gasteiger partial charge is 0.181 e. The lowest BCUT2D eigenvalue weighted by Crippen LogP contribution is -2.38. The van der Waals surface area contributed by atoms with Gasteiger partial charge in [-0.1, -0.05) is 6.07 Å². The third kappa shape index (κ3) is 1.49. The van der Waals surface area contributed by atoms with Crippen molar-refractivity contribution in [3.05, 3.63) is 30.2 Å². The molecule has 4 rings (SSSR count). The predicted octanol–water partition coefficient (Wildman–Crippen LogP) is 2.36. The fourth-order valence-corrected chi connectivity index (χ4v) is 3.30. The first-order chi connectivity index (χ1) is 8.73. The Bertz CT molecular complexity index is 579. The van der Waals surface area contributed by atoms with Crippen LogP contribution in [0.5, 0.6) is 0 Å². The van der Waals surface area contributed by atoms with Crippen LogP contribution >= 0.6 is 0 Å². The van der Waals surface area contributed by atoms with Crippen LogP contribution in [0.15, 0.2) is 29.0 Å². The van der Waals surface area contributed by atoms with E-state index in [2.05, 4.69) is 4.98 Å². The van der Waals surface area contributed by atoms with E-state index < -0.39 is 5.60 Å². The highest BCUT2D eigenvalue weighted by atomic mass is 16.5. The normalized spacial score (nSPS) is 35.2. The molecule has 3 heterocycles. The number of rotatable bonds is 1. The quantitative estimate of drug-likeness (QED) is 0.838. The fourth-order valence-electron chi connectivity index (χ4n) is 3.30. The Labute approximate surface area is 105 Å². The van der Waals surface area contributed by atoms with Gasteiger partial charge in [0.15, 0.2) is 12.0 Å². The minimum atomic E-state index is -0.767. The molecule has 2 saturated heterocycles. The second-order valence-corrected chi connectivity index (χ2v) is 5.43. The molecular formula is C14H15NO3. The van der Waals surface area contributed by atoms with Crippen molar-refractivity contribution in [3.63, 3.8) is 0 Å². The van der Waals surface area contributed by atoms with Gasteiger partial charge in [0.05, 0.1) is 17.8 Å². The van der Waals surface area contributed by atoms with Gasteiger partial charge in [-0.25, -0.2) is 4.98 Å². The molecule has 0 amide bonds. The van der Waals surface area contributed by atoms with Crippen LogP contribution in [0, 0.1) is 0 Å². The molecule has 1 N–H and O–H groups in total. The lowest BCUT2D eigenvalue weighted by atomic mass is 9.83. The maximum atomic E-state index is 10.9. The molecule has 94 valence electrons. The number of fused-ring (bicyclic) bond motifs is 3. The van der Waals surface area contributed by atoms with E-state index in [4.69, 9.17) is 9.15 Å². The van der Waals surface area contributed by atoms with Crippen LogP contribution in [0.4, 0.5) is 0 Å². The molecule has 2 aromatic rings. The molecule has 2 bridgehead atoms. The SMILES string of the molecule is OC1(c2ccc3ocnc3c2)CC2CCC(C1)O2. The third-order valence-electron chi connectivity index (χ3n) is 4.19. The lowest BCUT2D eigenvalue weighted by molar-refractivity contribution is -0.115.